The summed E-state index contributed by atoms with van der Waals surface area (Å²) in [6.07, 6.45) is 74.3. The van der Waals surface area contributed by atoms with Gasteiger partial charge in [-0.15, -0.1) is 0 Å². The molecule has 0 aliphatic heterocycles. The first kappa shape index (κ1) is 61.3. The summed E-state index contributed by atoms with van der Waals surface area (Å²) >= 11 is 0. The van der Waals surface area contributed by atoms with E-state index in [1.165, 1.54) is 180 Å². The molecule has 0 fully saturated rings. The molecule has 0 bridgehead atoms. The van der Waals surface area contributed by atoms with Crippen molar-refractivity contribution in [3.8, 4) is 0 Å². The number of aliphatic hydroxyl groups is 1. The zero-order chi connectivity index (χ0) is 46.3. The normalized spacial score (nSPS) is 12.7. The van der Waals surface area contributed by atoms with Gasteiger partial charge in [-0.2, -0.15) is 0 Å². The van der Waals surface area contributed by atoms with Crippen LogP contribution in [0.5, 0.6) is 0 Å². The maximum atomic E-state index is 12.3. The third-order valence-electron chi connectivity index (χ3n) is 12.0. The molecule has 5 nitrogen and oxygen atoms in total. The van der Waals surface area contributed by atoms with E-state index in [0.29, 0.717) is 12.8 Å². The van der Waals surface area contributed by atoms with Gasteiger partial charge in [0.25, 0.3) is 0 Å². The minimum absolute atomic E-state index is 0.0722. The quantitative estimate of drug-likeness (QED) is 0.0374. The number of carbonyl (C=O) groups excluding carboxylic acids is 2. The summed E-state index contributed by atoms with van der Waals surface area (Å²) in [5.41, 5.74) is 0. The van der Waals surface area contributed by atoms with Crippen LogP contribution in [0.4, 0.5) is 0 Å². The summed E-state index contributed by atoms with van der Waals surface area (Å²) in [5.74, 6) is -0.596. The zero-order valence-electron chi connectivity index (χ0n) is 42.3. The van der Waals surface area contributed by atoms with Crippen LogP contribution in [0.3, 0.4) is 0 Å². The third kappa shape index (κ3) is 52.0. The van der Waals surface area contributed by atoms with Crippen molar-refractivity contribution in [1.29, 1.82) is 0 Å². The van der Waals surface area contributed by atoms with Gasteiger partial charge in [-0.3, -0.25) is 9.59 Å². The first-order valence-electron chi connectivity index (χ1n) is 27.5. The van der Waals surface area contributed by atoms with Crippen molar-refractivity contribution in [2.75, 3.05) is 13.2 Å². The molecule has 0 aliphatic carbocycles. The highest BCUT2D eigenvalue weighted by atomic mass is 16.6. The molecule has 0 heterocycles. The molecule has 0 spiro atoms. The molecule has 5 heteroatoms. The van der Waals surface area contributed by atoms with Gasteiger partial charge in [0.1, 0.15) is 6.61 Å². The number of ether oxygens (including phenoxy) is 2. The highest BCUT2D eigenvalue weighted by Gasteiger charge is 2.16. The second kappa shape index (κ2) is 54.7. The van der Waals surface area contributed by atoms with E-state index >= 15 is 0 Å². The van der Waals surface area contributed by atoms with E-state index in [2.05, 4.69) is 86.8 Å². The van der Waals surface area contributed by atoms with E-state index in [1.54, 1.807) is 0 Å². The van der Waals surface area contributed by atoms with E-state index in [9.17, 15) is 14.7 Å². The Balaban J connectivity index is 3.52. The lowest BCUT2D eigenvalue weighted by molar-refractivity contribution is -0.161. The number of hydrogen-bond donors (Lipinski definition) is 1. The number of carbonyl (C=O) groups is 2. The van der Waals surface area contributed by atoms with Crippen molar-refractivity contribution in [1.82, 2.24) is 0 Å². The SMILES string of the molecule is CCCCCCC/C=C\C/C=C\C/C=C\CCCCCCCCCCCCCCC(=O)OC(CO)COC(=O)CCCCCCCCCC/C=C\C/C=C\C/C=C\CCCCCCC. The molecule has 0 saturated heterocycles. The van der Waals surface area contributed by atoms with E-state index in [0.717, 1.165) is 64.2 Å². The van der Waals surface area contributed by atoms with Gasteiger partial charge in [0.2, 0.25) is 0 Å². The fourth-order valence-electron chi connectivity index (χ4n) is 7.81. The van der Waals surface area contributed by atoms with Crippen LogP contribution in [0.25, 0.3) is 0 Å². The topological polar surface area (TPSA) is 72.8 Å². The number of allylic oxidation sites excluding steroid dienone is 12. The van der Waals surface area contributed by atoms with Crippen LogP contribution in [0.15, 0.2) is 72.9 Å². The Bertz CT molecular complexity index is 1150. The molecule has 0 radical (unpaired) electrons. The molecule has 0 aromatic heterocycles. The second-order valence-corrected chi connectivity index (χ2v) is 18.3. The van der Waals surface area contributed by atoms with E-state index in [4.69, 9.17) is 9.47 Å². The van der Waals surface area contributed by atoms with Crippen LogP contribution < -0.4 is 0 Å². The molecule has 0 aromatic carbocycles. The van der Waals surface area contributed by atoms with Crippen LogP contribution in [0, 0.1) is 0 Å². The predicted molar refractivity (Wildman–Crippen MR) is 279 cm³/mol. The van der Waals surface area contributed by atoms with E-state index in [-0.39, 0.29) is 25.2 Å². The van der Waals surface area contributed by atoms with Crippen LogP contribution in [0.1, 0.15) is 271 Å². The lowest BCUT2D eigenvalue weighted by atomic mass is 10.0. The first-order chi connectivity index (χ1) is 31.6. The number of esters is 2. The van der Waals surface area contributed by atoms with Gasteiger partial charge in [0, 0.05) is 12.8 Å². The van der Waals surface area contributed by atoms with Crippen LogP contribution in [0.2, 0.25) is 0 Å². The largest absolute Gasteiger partial charge is 0.462 e. The molecule has 0 aliphatic rings. The molecule has 1 N–H and O–H groups in total. The minimum atomic E-state index is -0.780. The minimum Gasteiger partial charge on any atom is -0.462 e. The maximum absolute atomic E-state index is 12.3. The van der Waals surface area contributed by atoms with Crippen LogP contribution in [-0.2, 0) is 19.1 Å². The molecular weight excluding hydrogens is 789 g/mol. The van der Waals surface area contributed by atoms with Crippen molar-refractivity contribution >= 4 is 11.9 Å². The van der Waals surface area contributed by atoms with Crippen LogP contribution >= 0.6 is 0 Å². The van der Waals surface area contributed by atoms with Gasteiger partial charge in [0.05, 0.1) is 6.61 Å². The fourth-order valence-corrected chi connectivity index (χ4v) is 7.81. The van der Waals surface area contributed by atoms with Gasteiger partial charge in [-0.1, -0.05) is 241 Å². The monoisotopic (exact) mass is 893 g/mol. The lowest BCUT2D eigenvalue weighted by Crippen LogP contribution is -2.28. The van der Waals surface area contributed by atoms with Gasteiger partial charge in [-0.25, -0.2) is 0 Å². The molecule has 1 unspecified atom stereocenters. The summed E-state index contributed by atoms with van der Waals surface area (Å²) in [4.78, 5) is 24.5. The standard InChI is InChI=1S/C59H104O5/c1-3-5-7-9-11-13-15-17-19-21-23-25-27-28-29-30-32-34-36-38-40-42-44-46-48-50-52-54-59(62)64-57(55-60)56-63-58(61)53-51-49-47-45-43-41-39-37-35-33-31-26-24-22-20-18-16-14-12-10-8-6-4-2/h15-18,21-24,27-28,31,33,57,60H,3-14,19-20,25-26,29-30,32,34-56H2,1-2H3/b17-15-,18-16-,23-21-,24-22-,28-27-,33-31-. The Labute approximate surface area is 397 Å². The molecule has 370 valence electrons. The molecule has 0 rings (SSSR count). The summed E-state index contributed by atoms with van der Waals surface area (Å²) < 4.78 is 10.7. The Kier molecular flexibility index (Phi) is 52.4. The number of aliphatic hydroxyl groups excluding tert-OH is 1. The highest BCUT2D eigenvalue weighted by Crippen LogP contribution is 2.15. The van der Waals surface area contributed by atoms with Crippen LogP contribution in [-0.4, -0.2) is 36.4 Å². The van der Waals surface area contributed by atoms with Crippen molar-refractivity contribution in [2.24, 2.45) is 0 Å². The van der Waals surface area contributed by atoms with Gasteiger partial charge >= 0.3 is 11.9 Å². The Morgan fingerprint density at radius 1 is 0.359 bits per heavy atom. The van der Waals surface area contributed by atoms with E-state index in [1.807, 2.05) is 0 Å². The molecule has 64 heavy (non-hydrogen) atoms. The molecule has 0 saturated carbocycles. The lowest BCUT2D eigenvalue weighted by Gasteiger charge is -2.15. The third-order valence-corrected chi connectivity index (χ3v) is 12.0. The Morgan fingerprint density at radius 2 is 0.625 bits per heavy atom. The molecular formula is C59H104O5. The van der Waals surface area contributed by atoms with Gasteiger partial charge in [-0.05, 0) is 89.9 Å². The zero-order valence-corrected chi connectivity index (χ0v) is 42.3. The first-order valence-corrected chi connectivity index (χ1v) is 27.5. The summed E-state index contributed by atoms with van der Waals surface area (Å²) in [6.45, 7) is 4.13. The predicted octanol–water partition coefficient (Wildman–Crippen LogP) is 18.4. The second-order valence-electron chi connectivity index (χ2n) is 18.3. The Hall–Kier alpha value is -2.66. The Morgan fingerprint density at radius 3 is 0.938 bits per heavy atom. The van der Waals surface area contributed by atoms with Gasteiger partial charge in [0.15, 0.2) is 6.10 Å². The highest BCUT2D eigenvalue weighted by molar-refractivity contribution is 5.70. The van der Waals surface area contributed by atoms with Crippen molar-refractivity contribution in [3.05, 3.63) is 72.9 Å². The smallest absolute Gasteiger partial charge is 0.306 e. The molecule has 1 atom stereocenters. The molecule has 0 aromatic rings. The maximum Gasteiger partial charge on any atom is 0.306 e. The molecule has 0 amide bonds. The number of rotatable bonds is 50. The summed E-state index contributed by atoms with van der Waals surface area (Å²) in [5, 5.41) is 9.65. The van der Waals surface area contributed by atoms with E-state index < -0.39 is 6.10 Å². The number of unbranched alkanes of at least 4 members (excludes halogenated alkanes) is 30. The average Bonchev–Trinajstić information content (AvgIpc) is 3.30. The van der Waals surface area contributed by atoms with Crippen molar-refractivity contribution in [2.45, 2.75) is 277 Å². The fraction of sp³-hybridized carbons (Fsp3) is 0.763. The average molecular weight is 893 g/mol. The summed E-state index contributed by atoms with van der Waals surface area (Å²) in [6, 6.07) is 0. The summed E-state index contributed by atoms with van der Waals surface area (Å²) in [7, 11) is 0. The number of hydrogen-bond acceptors (Lipinski definition) is 5. The van der Waals surface area contributed by atoms with Crippen molar-refractivity contribution in [3.63, 3.8) is 0 Å². The van der Waals surface area contributed by atoms with Crippen molar-refractivity contribution < 1.29 is 24.2 Å². The van der Waals surface area contributed by atoms with Gasteiger partial charge < -0.3 is 14.6 Å².